The first-order chi connectivity index (χ1) is 16.0. The Morgan fingerprint density at radius 1 is 0.727 bits per heavy atom. The lowest BCUT2D eigenvalue weighted by Crippen LogP contribution is -2.26. The summed E-state index contributed by atoms with van der Waals surface area (Å²) in [5.41, 5.74) is 2.42. The fourth-order valence-corrected chi connectivity index (χ4v) is 3.33. The molecule has 0 bridgehead atoms. The standard InChI is InChI=1S/C28H38O5/c1-4-6-8-9-10-11-21-31-26-18-16-24(17-19-26)23-12-14-25(15-13-23)28(30)33-22(3)27(29)32-20-7-5-2/h12-19,22H,4-11,20-21H2,1-3H3. The van der Waals surface area contributed by atoms with Crippen molar-refractivity contribution in [2.24, 2.45) is 0 Å². The van der Waals surface area contributed by atoms with E-state index in [-0.39, 0.29) is 0 Å². The summed E-state index contributed by atoms with van der Waals surface area (Å²) in [6.45, 7) is 6.85. The number of hydrogen-bond acceptors (Lipinski definition) is 5. The molecule has 0 aromatic heterocycles. The Hall–Kier alpha value is -2.82. The highest BCUT2D eigenvalue weighted by atomic mass is 16.6. The van der Waals surface area contributed by atoms with Gasteiger partial charge >= 0.3 is 11.9 Å². The van der Waals surface area contributed by atoms with Gasteiger partial charge in [0.25, 0.3) is 0 Å². The average molecular weight is 455 g/mol. The van der Waals surface area contributed by atoms with Crippen molar-refractivity contribution in [3.63, 3.8) is 0 Å². The lowest BCUT2D eigenvalue weighted by Gasteiger charge is -2.13. The third-order valence-electron chi connectivity index (χ3n) is 5.43. The van der Waals surface area contributed by atoms with Crippen molar-refractivity contribution in [2.45, 2.75) is 78.2 Å². The first kappa shape index (κ1) is 26.4. The number of benzene rings is 2. The van der Waals surface area contributed by atoms with Crippen molar-refractivity contribution in [1.82, 2.24) is 0 Å². The predicted molar refractivity (Wildman–Crippen MR) is 131 cm³/mol. The third kappa shape index (κ3) is 9.68. The van der Waals surface area contributed by atoms with Crippen molar-refractivity contribution >= 4 is 11.9 Å². The van der Waals surface area contributed by atoms with E-state index in [1.807, 2.05) is 43.3 Å². The second kappa shape index (κ2) is 15.1. The summed E-state index contributed by atoms with van der Waals surface area (Å²) < 4.78 is 16.2. The van der Waals surface area contributed by atoms with E-state index in [2.05, 4.69) is 6.92 Å². The smallest absolute Gasteiger partial charge is 0.347 e. The minimum Gasteiger partial charge on any atom is -0.494 e. The summed E-state index contributed by atoms with van der Waals surface area (Å²) in [6.07, 6.45) is 8.26. The summed E-state index contributed by atoms with van der Waals surface area (Å²) in [6, 6.07) is 15.1. The molecule has 0 saturated carbocycles. The lowest BCUT2D eigenvalue weighted by molar-refractivity contribution is -0.153. The lowest BCUT2D eigenvalue weighted by atomic mass is 10.0. The highest BCUT2D eigenvalue weighted by molar-refractivity contribution is 5.92. The van der Waals surface area contributed by atoms with Gasteiger partial charge in [-0.2, -0.15) is 0 Å². The van der Waals surface area contributed by atoms with Crippen LogP contribution in [0, 0.1) is 0 Å². The van der Waals surface area contributed by atoms with Crippen molar-refractivity contribution in [3.8, 4) is 16.9 Å². The normalized spacial score (nSPS) is 11.6. The quantitative estimate of drug-likeness (QED) is 0.214. The highest BCUT2D eigenvalue weighted by Crippen LogP contribution is 2.23. The van der Waals surface area contributed by atoms with Crippen molar-refractivity contribution in [2.75, 3.05) is 13.2 Å². The molecule has 0 radical (unpaired) electrons. The van der Waals surface area contributed by atoms with Crippen LogP contribution in [0.5, 0.6) is 5.75 Å². The number of hydrogen-bond donors (Lipinski definition) is 0. The van der Waals surface area contributed by atoms with E-state index in [9.17, 15) is 9.59 Å². The second-order valence-corrected chi connectivity index (χ2v) is 8.29. The Labute approximate surface area is 198 Å². The molecule has 5 nitrogen and oxygen atoms in total. The maximum absolute atomic E-state index is 12.3. The van der Waals surface area contributed by atoms with Gasteiger partial charge in [-0.25, -0.2) is 9.59 Å². The molecular weight excluding hydrogens is 416 g/mol. The van der Waals surface area contributed by atoms with Gasteiger partial charge in [0.1, 0.15) is 5.75 Å². The first-order valence-electron chi connectivity index (χ1n) is 12.3. The molecule has 2 rings (SSSR count). The van der Waals surface area contributed by atoms with Crippen LogP contribution in [0.25, 0.3) is 11.1 Å². The molecule has 2 aromatic carbocycles. The van der Waals surface area contributed by atoms with Crippen LogP contribution in [0.1, 0.15) is 82.5 Å². The zero-order chi connectivity index (χ0) is 23.9. The molecule has 1 atom stereocenters. The first-order valence-corrected chi connectivity index (χ1v) is 12.3. The minimum atomic E-state index is -0.932. The van der Waals surface area contributed by atoms with E-state index in [0.29, 0.717) is 12.2 Å². The number of rotatable bonds is 15. The molecule has 0 heterocycles. The van der Waals surface area contributed by atoms with Crippen LogP contribution >= 0.6 is 0 Å². The molecule has 1 unspecified atom stereocenters. The largest absolute Gasteiger partial charge is 0.494 e. The summed E-state index contributed by atoms with van der Waals surface area (Å²) in [7, 11) is 0. The van der Waals surface area contributed by atoms with Crippen LogP contribution in [0.3, 0.4) is 0 Å². The predicted octanol–water partition coefficient (Wildman–Crippen LogP) is 6.98. The molecule has 0 spiro atoms. The van der Waals surface area contributed by atoms with Crippen LogP contribution in [0.15, 0.2) is 48.5 Å². The van der Waals surface area contributed by atoms with E-state index in [0.717, 1.165) is 42.7 Å². The van der Waals surface area contributed by atoms with Gasteiger partial charge in [-0.15, -0.1) is 0 Å². The van der Waals surface area contributed by atoms with Gasteiger partial charge in [-0.05, 0) is 55.2 Å². The fourth-order valence-electron chi connectivity index (χ4n) is 3.33. The molecule has 0 amide bonds. The van der Waals surface area contributed by atoms with Gasteiger partial charge in [0.15, 0.2) is 6.10 Å². The molecule has 0 aliphatic carbocycles. The molecule has 2 aromatic rings. The molecule has 0 saturated heterocycles. The molecule has 180 valence electrons. The molecule has 0 N–H and O–H groups in total. The highest BCUT2D eigenvalue weighted by Gasteiger charge is 2.20. The number of carbonyl (C=O) groups is 2. The average Bonchev–Trinajstić information content (AvgIpc) is 2.84. The van der Waals surface area contributed by atoms with E-state index < -0.39 is 18.0 Å². The molecule has 5 heteroatoms. The van der Waals surface area contributed by atoms with E-state index in [1.54, 1.807) is 12.1 Å². The summed E-state index contributed by atoms with van der Waals surface area (Å²) in [5.74, 6) is -0.195. The summed E-state index contributed by atoms with van der Waals surface area (Å²) in [4.78, 5) is 24.2. The van der Waals surface area contributed by atoms with Gasteiger partial charge in [0.05, 0.1) is 18.8 Å². The van der Waals surface area contributed by atoms with Crippen molar-refractivity contribution in [3.05, 3.63) is 54.1 Å². The number of esters is 2. The van der Waals surface area contributed by atoms with E-state index in [4.69, 9.17) is 14.2 Å². The summed E-state index contributed by atoms with van der Waals surface area (Å²) in [5, 5.41) is 0. The number of ether oxygens (including phenoxy) is 3. The topological polar surface area (TPSA) is 61.8 Å². The maximum atomic E-state index is 12.3. The maximum Gasteiger partial charge on any atom is 0.347 e. The minimum absolute atomic E-state index is 0.342. The Morgan fingerprint density at radius 2 is 1.30 bits per heavy atom. The third-order valence-corrected chi connectivity index (χ3v) is 5.43. The van der Waals surface area contributed by atoms with Crippen LogP contribution in [0.2, 0.25) is 0 Å². The molecule has 0 aliphatic heterocycles. The Balaban J connectivity index is 1.80. The van der Waals surface area contributed by atoms with E-state index >= 15 is 0 Å². The van der Waals surface area contributed by atoms with Gasteiger partial charge in [0, 0.05) is 0 Å². The zero-order valence-electron chi connectivity index (χ0n) is 20.3. The molecule has 0 aliphatic rings. The van der Waals surface area contributed by atoms with Crippen LogP contribution < -0.4 is 4.74 Å². The zero-order valence-corrected chi connectivity index (χ0v) is 20.3. The molecule has 33 heavy (non-hydrogen) atoms. The fraction of sp³-hybridized carbons (Fsp3) is 0.500. The SMILES string of the molecule is CCCCCCCCOc1ccc(-c2ccc(C(=O)OC(C)C(=O)OCCCC)cc2)cc1. The molecular formula is C28H38O5. The van der Waals surface area contributed by atoms with Gasteiger partial charge in [0.2, 0.25) is 0 Å². The van der Waals surface area contributed by atoms with Crippen LogP contribution in [0.4, 0.5) is 0 Å². The van der Waals surface area contributed by atoms with Crippen molar-refractivity contribution < 1.29 is 23.8 Å². The Morgan fingerprint density at radius 3 is 1.94 bits per heavy atom. The number of carbonyl (C=O) groups excluding carboxylic acids is 2. The van der Waals surface area contributed by atoms with E-state index in [1.165, 1.54) is 39.0 Å². The monoisotopic (exact) mass is 454 g/mol. The molecule has 0 fully saturated rings. The van der Waals surface area contributed by atoms with Crippen LogP contribution in [-0.2, 0) is 14.3 Å². The van der Waals surface area contributed by atoms with Gasteiger partial charge < -0.3 is 14.2 Å². The van der Waals surface area contributed by atoms with Crippen LogP contribution in [-0.4, -0.2) is 31.3 Å². The summed E-state index contributed by atoms with van der Waals surface area (Å²) >= 11 is 0. The van der Waals surface area contributed by atoms with Crippen molar-refractivity contribution in [1.29, 1.82) is 0 Å². The Bertz CT molecular complexity index is 826. The Kier molecular flexibility index (Phi) is 12.1. The van der Waals surface area contributed by atoms with Gasteiger partial charge in [-0.3, -0.25) is 0 Å². The van der Waals surface area contributed by atoms with Gasteiger partial charge in [-0.1, -0.05) is 76.6 Å². The second-order valence-electron chi connectivity index (χ2n) is 8.29. The number of unbranched alkanes of at least 4 members (excludes halogenated alkanes) is 6.